The normalized spacial score (nSPS) is 18.1. The van der Waals surface area contributed by atoms with Crippen LogP contribution in [0.1, 0.15) is 12.5 Å². The average molecular weight is 434 g/mol. The summed E-state index contributed by atoms with van der Waals surface area (Å²) in [7, 11) is 0. The van der Waals surface area contributed by atoms with Crippen molar-refractivity contribution in [3.05, 3.63) is 34.7 Å². The molecule has 10 heteroatoms. The molecule has 2 aliphatic heterocycles. The molecule has 2 fully saturated rings. The third-order valence-corrected chi connectivity index (χ3v) is 5.28. The Morgan fingerprint density at radius 2 is 1.87 bits per heavy atom. The van der Waals surface area contributed by atoms with Crippen LogP contribution < -0.4 is 4.74 Å². The van der Waals surface area contributed by atoms with Crippen LogP contribution in [0.25, 0.3) is 6.08 Å². The van der Waals surface area contributed by atoms with Gasteiger partial charge in [-0.2, -0.15) is 0 Å². The summed E-state index contributed by atoms with van der Waals surface area (Å²) in [5.74, 6) is -0.745. The predicted octanol–water partition coefficient (Wildman–Crippen LogP) is 1.52. The number of imide groups is 1. The molecule has 2 saturated heterocycles. The van der Waals surface area contributed by atoms with Gasteiger partial charge in [0.1, 0.15) is 12.3 Å². The van der Waals surface area contributed by atoms with E-state index >= 15 is 0 Å². The molecular formula is C20H22N2O7S. The summed E-state index contributed by atoms with van der Waals surface area (Å²) in [4.78, 5) is 51.3. The molecule has 1 aromatic rings. The lowest BCUT2D eigenvalue weighted by atomic mass is 10.2. The lowest BCUT2D eigenvalue weighted by Gasteiger charge is -2.28. The molecule has 160 valence electrons. The third kappa shape index (κ3) is 5.61. The Morgan fingerprint density at radius 1 is 1.17 bits per heavy atom. The zero-order chi connectivity index (χ0) is 21.5. The highest BCUT2D eigenvalue weighted by Crippen LogP contribution is 2.32. The fraction of sp³-hybridized carbons (Fsp3) is 0.400. The van der Waals surface area contributed by atoms with E-state index in [0.717, 1.165) is 16.7 Å². The van der Waals surface area contributed by atoms with Gasteiger partial charge in [-0.1, -0.05) is 12.1 Å². The van der Waals surface area contributed by atoms with Crippen LogP contribution in [0.5, 0.6) is 5.75 Å². The van der Waals surface area contributed by atoms with Crippen molar-refractivity contribution in [3.8, 4) is 5.75 Å². The van der Waals surface area contributed by atoms with Crippen molar-refractivity contribution in [3.63, 3.8) is 0 Å². The maximum Gasteiger partial charge on any atom is 0.344 e. The van der Waals surface area contributed by atoms with E-state index in [9.17, 15) is 19.2 Å². The van der Waals surface area contributed by atoms with Crippen LogP contribution in [-0.2, 0) is 23.9 Å². The molecule has 9 nitrogen and oxygen atoms in total. The van der Waals surface area contributed by atoms with Gasteiger partial charge in [0.05, 0.1) is 24.7 Å². The van der Waals surface area contributed by atoms with Gasteiger partial charge in [0, 0.05) is 13.1 Å². The molecule has 0 radical (unpaired) electrons. The Labute approximate surface area is 177 Å². The van der Waals surface area contributed by atoms with Crippen molar-refractivity contribution in [2.24, 2.45) is 0 Å². The maximum atomic E-state index is 12.6. The molecule has 0 aromatic heterocycles. The molecule has 1 aromatic carbocycles. The summed E-state index contributed by atoms with van der Waals surface area (Å²) in [5, 5.41) is -0.470. The number of thioether (sulfide) groups is 1. The number of morpholine rings is 1. The smallest absolute Gasteiger partial charge is 0.344 e. The highest BCUT2D eigenvalue weighted by atomic mass is 32.2. The molecule has 0 atom stereocenters. The number of carbonyl (C=O) groups is 4. The summed E-state index contributed by atoms with van der Waals surface area (Å²) in [5.41, 5.74) is 0.684. The van der Waals surface area contributed by atoms with E-state index < -0.39 is 17.1 Å². The van der Waals surface area contributed by atoms with Gasteiger partial charge in [-0.25, -0.2) is 4.79 Å². The lowest BCUT2D eigenvalue weighted by molar-refractivity contribution is -0.145. The number of carbonyl (C=O) groups excluding carboxylic acids is 4. The van der Waals surface area contributed by atoms with Gasteiger partial charge in [-0.3, -0.25) is 19.3 Å². The van der Waals surface area contributed by atoms with Crippen molar-refractivity contribution < 1.29 is 33.4 Å². The minimum absolute atomic E-state index is 0.191. The second-order valence-electron chi connectivity index (χ2n) is 6.42. The SMILES string of the molecule is CCOC(=O)COc1ccc(/C=C2\SC(=O)N(CC(=O)N3CCOCC3)C2=O)cc1. The first kappa shape index (κ1) is 21.8. The molecule has 0 N–H and O–H groups in total. The van der Waals surface area contributed by atoms with Gasteiger partial charge in [0.15, 0.2) is 6.61 Å². The van der Waals surface area contributed by atoms with E-state index in [4.69, 9.17) is 14.2 Å². The average Bonchev–Trinajstić information content (AvgIpc) is 3.01. The molecule has 0 aliphatic carbocycles. The Bertz CT molecular complexity index is 847. The summed E-state index contributed by atoms with van der Waals surface area (Å²) >= 11 is 0.800. The number of benzene rings is 1. The molecule has 0 bridgehead atoms. The summed E-state index contributed by atoms with van der Waals surface area (Å²) in [6, 6.07) is 6.70. The number of hydrogen-bond donors (Lipinski definition) is 0. The predicted molar refractivity (Wildman–Crippen MR) is 109 cm³/mol. The molecule has 3 rings (SSSR count). The first-order valence-corrected chi connectivity index (χ1v) is 10.3. The summed E-state index contributed by atoms with van der Waals surface area (Å²) in [6.07, 6.45) is 1.58. The van der Waals surface area contributed by atoms with Gasteiger partial charge < -0.3 is 19.1 Å². The van der Waals surface area contributed by atoms with Crippen LogP contribution in [0.4, 0.5) is 4.79 Å². The second kappa shape index (κ2) is 10.3. The molecule has 2 heterocycles. The third-order valence-electron chi connectivity index (χ3n) is 4.37. The fourth-order valence-electron chi connectivity index (χ4n) is 2.84. The highest BCUT2D eigenvalue weighted by Gasteiger charge is 2.37. The Kier molecular flexibility index (Phi) is 7.47. The molecule has 0 spiro atoms. The summed E-state index contributed by atoms with van der Waals surface area (Å²) in [6.45, 7) is 3.35. The number of nitrogens with zero attached hydrogens (tertiary/aromatic N) is 2. The van der Waals surface area contributed by atoms with Gasteiger partial charge in [-0.15, -0.1) is 0 Å². The van der Waals surface area contributed by atoms with E-state index in [0.29, 0.717) is 37.6 Å². The second-order valence-corrected chi connectivity index (χ2v) is 7.42. The molecule has 0 saturated carbocycles. The van der Waals surface area contributed by atoms with Crippen molar-refractivity contribution in [1.29, 1.82) is 0 Å². The van der Waals surface area contributed by atoms with E-state index in [2.05, 4.69) is 0 Å². The minimum atomic E-state index is -0.491. The van der Waals surface area contributed by atoms with Crippen LogP contribution in [0.2, 0.25) is 0 Å². The zero-order valence-corrected chi connectivity index (χ0v) is 17.3. The number of ether oxygens (including phenoxy) is 3. The monoisotopic (exact) mass is 434 g/mol. The number of esters is 1. The standard InChI is InChI=1S/C20H22N2O7S/c1-2-28-18(24)13-29-15-5-3-14(4-6-15)11-16-19(25)22(20(26)30-16)12-17(23)21-7-9-27-10-8-21/h3-6,11H,2,7-10,12-13H2,1H3/b16-11-. The minimum Gasteiger partial charge on any atom is -0.482 e. The maximum absolute atomic E-state index is 12.6. The van der Waals surface area contributed by atoms with Crippen molar-refractivity contribution in [2.75, 3.05) is 46.1 Å². The Hall–Kier alpha value is -2.85. The number of rotatable bonds is 7. The van der Waals surface area contributed by atoms with E-state index in [1.807, 2.05) is 0 Å². The first-order chi connectivity index (χ1) is 14.5. The van der Waals surface area contributed by atoms with Gasteiger partial charge in [-0.05, 0) is 42.5 Å². The lowest BCUT2D eigenvalue weighted by Crippen LogP contribution is -2.46. The Morgan fingerprint density at radius 3 is 2.53 bits per heavy atom. The first-order valence-electron chi connectivity index (χ1n) is 9.47. The van der Waals surface area contributed by atoms with Crippen LogP contribution in [0.15, 0.2) is 29.2 Å². The van der Waals surface area contributed by atoms with Gasteiger partial charge in [0.2, 0.25) is 5.91 Å². The highest BCUT2D eigenvalue weighted by molar-refractivity contribution is 8.18. The van der Waals surface area contributed by atoms with Gasteiger partial charge in [0.25, 0.3) is 11.1 Å². The van der Waals surface area contributed by atoms with Gasteiger partial charge >= 0.3 is 5.97 Å². The van der Waals surface area contributed by atoms with Crippen LogP contribution >= 0.6 is 11.8 Å². The quantitative estimate of drug-likeness (QED) is 0.470. The zero-order valence-electron chi connectivity index (χ0n) is 16.5. The Balaban J connectivity index is 1.59. The number of hydrogen-bond acceptors (Lipinski definition) is 8. The van der Waals surface area contributed by atoms with E-state index in [-0.39, 0.29) is 30.6 Å². The molecule has 3 amide bonds. The largest absolute Gasteiger partial charge is 0.482 e. The fourth-order valence-corrected chi connectivity index (χ4v) is 3.68. The summed E-state index contributed by atoms with van der Waals surface area (Å²) < 4.78 is 15.3. The number of amides is 3. The topological polar surface area (TPSA) is 102 Å². The van der Waals surface area contributed by atoms with Crippen molar-refractivity contribution in [1.82, 2.24) is 9.80 Å². The van der Waals surface area contributed by atoms with E-state index in [1.54, 1.807) is 42.2 Å². The molecular weight excluding hydrogens is 412 g/mol. The van der Waals surface area contributed by atoms with Crippen molar-refractivity contribution >= 4 is 40.9 Å². The molecule has 2 aliphatic rings. The van der Waals surface area contributed by atoms with Crippen LogP contribution in [0.3, 0.4) is 0 Å². The van der Waals surface area contributed by atoms with Crippen LogP contribution in [0, 0.1) is 0 Å². The van der Waals surface area contributed by atoms with E-state index in [1.165, 1.54) is 0 Å². The van der Waals surface area contributed by atoms with Crippen molar-refractivity contribution in [2.45, 2.75) is 6.92 Å². The molecule has 0 unspecified atom stereocenters. The molecule has 30 heavy (non-hydrogen) atoms. The van der Waals surface area contributed by atoms with Crippen LogP contribution in [-0.4, -0.2) is 78.9 Å².